The van der Waals surface area contributed by atoms with Crippen LogP contribution in [0.5, 0.6) is 0 Å². The molecule has 1 unspecified atom stereocenters. The van der Waals surface area contributed by atoms with Gasteiger partial charge in [-0.1, -0.05) is 257 Å². The molecule has 6 fully saturated rings. The van der Waals surface area contributed by atoms with E-state index in [1.165, 1.54) is 12.8 Å². The fourth-order valence-electron chi connectivity index (χ4n) is 16.9. The normalized spacial score (nSPS) is 15.7. The summed E-state index contributed by atoms with van der Waals surface area (Å²) in [5, 5.41) is 0. The first kappa shape index (κ1) is 109. The van der Waals surface area contributed by atoms with Crippen LogP contribution < -0.4 is 0 Å². The van der Waals surface area contributed by atoms with Crippen LogP contribution in [-0.2, 0) is 90.3 Å². The minimum absolute atomic E-state index is 0.0168. The maximum absolute atomic E-state index is 12.7. The van der Waals surface area contributed by atoms with Crippen LogP contribution in [0.2, 0.25) is 0 Å². The second-order valence-electron chi connectivity index (χ2n) is 36.6. The van der Waals surface area contributed by atoms with Gasteiger partial charge in [-0.3, -0.25) is 28.8 Å². The third-order valence-electron chi connectivity index (χ3n) is 25.9. The molecule has 138 heavy (non-hydrogen) atoms. The van der Waals surface area contributed by atoms with Crippen molar-refractivity contribution in [2.45, 2.75) is 245 Å². The third-order valence-corrected chi connectivity index (χ3v) is 25.9. The molecule has 6 aliphatic carbocycles. The monoisotopic (exact) mass is 1900 g/mol. The van der Waals surface area contributed by atoms with Gasteiger partial charge < -0.3 is 61.6 Å². The number of ether oxygens (including phenoxy) is 13. The van der Waals surface area contributed by atoms with Crippen molar-refractivity contribution in [1.29, 1.82) is 0 Å². The highest BCUT2D eigenvalue weighted by Crippen LogP contribution is 2.35. The van der Waals surface area contributed by atoms with Crippen LogP contribution in [0.4, 0.5) is 0 Å². The number of esters is 13. The van der Waals surface area contributed by atoms with Crippen LogP contribution in [0.3, 0.4) is 0 Å². The fourth-order valence-corrected chi connectivity index (χ4v) is 16.9. The predicted octanol–water partition coefficient (Wildman–Crippen LogP) is 21.6. The molecule has 0 saturated heterocycles. The lowest BCUT2D eigenvalue weighted by Crippen LogP contribution is -2.40. The Kier molecular flexibility index (Phi) is 48.9. The van der Waals surface area contributed by atoms with Gasteiger partial charge in [-0.2, -0.15) is 0 Å². The third kappa shape index (κ3) is 39.6. The second-order valence-corrected chi connectivity index (χ2v) is 36.6. The van der Waals surface area contributed by atoms with E-state index in [0.717, 1.165) is 180 Å². The molecule has 0 bridgehead atoms. The molecule has 26 nitrogen and oxygen atoms in total. The van der Waals surface area contributed by atoms with Gasteiger partial charge in [0.2, 0.25) is 0 Å². The minimum Gasteiger partial charge on any atom is -0.465 e. The van der Waals surface area contributed by atoms with E-state index in [4.69, 9.17) is 61.6 Å². The van der Waals surface area contributed by atoms with Crippen molar-refractivity contribution >= 4 is 77.6 Å². The Morgan fingerprint density at radius 1 is 0.232 bits per heavy atom. The average molecular weight is 1900 g/mol. The smallest absolute Gasteiger partial charge is 0.338 e. The van der Waals surface area contributed by atoms with Gasteiger partial charge >= 0.3 is 77.6 Å². The fraction of sp³-hybridized carbons (Fsp3) is 0.509. The van der Waals surface area contributed by atoms with Gasteiger partial charge in [0.05, 0.1) is 98.5 Å². The summed E-state index contributed by atoms with van der Waals surface area (Å²) in [6.07, 6.45) is 30.4. The van der Waals surface area contributed by atoms with E-state index in [-0.39, 0.29) is 143 Å². The van der Waals surface area contributed by atoms with Crippen LogP contribution in [0.15, 0.2) is 212 Å². The van der Waals surface area contributed by atoms with Crippen molar-refractivity contribution < 1.29 is 124 Å². The van der Waals surface area contributed by atoms with Gasteiger partial charge in [0.1, 0.15) is 65.6 Å². The largest absolute Gasteiger partial charge is 0.465 e. The first-order valence-corrected chi connectivity index (χ1v) is 49.8. The maximum Gasteiger partial charge on any atom is 0.338 e. The lowest BCUT2D eigenvalue weighted by Gasteiger charge is -2.32. The highest BCUT2D eigenvalue weighted by atomic mass is 16.6. The van der Waals surface area contributed by atoms with Crippen LogP contribution >= 0.6 is 0 Å². The van der Waals surface area contributed by atoms with Crippen LogP contribution in [0, 0.1) is 46.3 Å². The summed E-state index contributed by atoms with van der Waals surface area (Å²) in [4.78, 5) is 160. The molecule has 0 amide bonds. The number of hydrogen-bond donors (Lipinski definition) is 0. The minimum atomic E-state index is -0.861. The Hall–Kier alpha value is -12.4. The molecule has 7 aromatic rings. The van der Waals surface area contributed by atoms with Crippen LogP contribution in [0.1, 0.15) is 305 Å². The Morgan fingerprint density at radius 3 is 0.674 bits per heavy atom. The van der Waals surface area contributed by atoms with Gasteiger partial charge in [0.25, 0.3) is 0 Å². The molecular weight excluding hydrogens is 1760 g/mol. The highest BCUT2D eigenvalue weighted by molar-refractivity contribution is 5.93. The molecule has 0 heterocycles. The summed E-state index contributed by atoms with van der Waals surface area (Å²) >= 11 is 0. The van der Waals surface area contributed by atoms with Gasteiger partial charge in [-0.25, -0.2) is 33.6 Å². The number of carbonyl (C=O) groups is 13. The summed E-state index contributed by atoms with van der Waals surface area (Å²) in [6.45, 7) is 6.01. The standard InChI is InChI=1S/C27H38O6.C27H32O6.C24H26O6.2C17H22O4/c2*1-2-27(18-31-24(28)21-12-6-3-7-13-21,19-32-25(29)22-14-8-4-9-15-22)20-33-26(30)23-16-10-5-11-17-23;25-22(18-10-4-1-5-11-18)28-16-21(30-24(27)20-14-8-3-9-15-20)17-29-23(26)19-12-6-2-7-13-19;1-13(21-17(19)15-10-6-3-7-11-15)12-20-16(18)14-8-4-2-5-9-14;18-16(14-8-3-1-4-9-14)20-12-7-13-21-17(19)15-10-5-2-6-11-15/h3,6-7,12-13,22-23H,2,4-5,8-11,14-20H2,1H3;3-4,6-9,12-15,23H,2,5,10-11,16-20H2,1H3;1-2,4-7,10-13,20-21H,3,8-9,14-17H2;2,4-5,8-9,13,15H,3,6-7,10-12H2,1H3;1,3-4,8-9,15H,2,5-7,10-13H2. The van der Waals surface area contributed by atoms with Crippen LogP contribution in [-0.4, -0.2) is 162 Å². The van der Waals surface area contributed by atoms with Crippen molar-refractivity contribution in [2.24, 2.45) is 46.3 Å². The van der Waals surface area contributed by atoms with Gasteiger partial charge in [-0.15, -0.1) is 0 Å². The number of rotatable bonds is 39. The zero-order valence-electron chi connectivity index (χ0n) is 80.6. The van der Waals surface area contributed by atoms with Crippen molar-refractivity contribution in [1.82, 2.24) is 0 Å². The molecule has 0 N–H and O–H groups in total. The predicted molar refractivity (Wildman–Crippen MR) is 516 cm³/mol. The number of hydrogen-bond acceptors (Lipinski definition) is 26. The van der Waals surface area contributed by atoms with E-state index in [9.17, 15) is 62.3 Å². The Morgan fingerprint density at radius 2 is 0.428 bits per heavy atom. The van der Waals surface area contributed by atoms with E-state index in [0.29, 0.717) is 64.8 Å². The first-order valence-electron chi connectivity index (χ1n) is 49.8. The molecule has 6 aliphatic rings. The van der Waals surface area contributed by atoms with E-state index >= 15 is 0 Å². The lowest BCUT2D eigenvalue weighted by atomic mass is 9.86. The van der Waals surface area contributed by atoms with Gasteiger partial charge in [0.15, 0.2) is 6.10 Å². The van der Waals surface area contributed by atoms with Crippen molar-refractivity contribution in [3.8, 4) is 0 Å². The van der Waals surface area contributed by atoms with E-state index in [2.05, 4.69) is 0 Å². The molecule has 0 radical (unpaired) electrons. The molecule has 0 aromatic heterocycles. The topological polar surface area (TPSA) is 342 Å². The van der Waals surface area contributed by atoms with E-state index < -0.39 is 58.9 Å². The van der Waals surface area contributed by atoms with E-state index in [1.54, 1.807) is 189 Å². The quantitative estimate of drug-likeness (QED) is 0.0196. The summed E-state index contributed by atoms with van der Waals surface area (Å²) in [5.41, 5.74) is 1.57. The van der Waals surface area contributed by atoms with Crippen molar-refractivity contribution in [3.05, 3.63) is 251 Å². The summed E-state index contributed by atoms with van der Waals surface area (Å²) in [5.74, 6) is -4.63. The molecule has 7 aromatic carbocycles. The number of benzene rings is 7. The molecule has 26 heteroatoms. The van der Waals surface area contributed by atoms with Crippen LogP contribution in [0.25, 0.3) is 0 Å². The molecule has 744 valence electrons. The van der Waals surface area contributed by atoms with Gasteiger partial charge in [-0.05, 0) is 182 Å². The Bertz CT molecular complexity index is 4640. The highest BCUT2D eigenvalue weighted by Gasteiger charge is 2.40. The van der Waals surface area contributed by atoms with E-state index in [1.807, 2.05) is 44.2 Å². The second kappa shape index (κ2) is 61.8. The molecule has 13 rings (SSSR count). The van der Waals surface area contributed by atoms with Gasteiger partial charge in [0, 0.05) is 6.42 Å². The maximum atomic E-state index is 12.7. The first-order chi connectivity index (χ1) is 67.1. The molecule has 6 saturated carbocycles. The summed E-state index contributed by atoms with van der Waals surface area (Å²) in [7, 11) is 0. The summed E-state index contributed by atoms with van der Waals surface area (Å²) < 4.78 is 71.0. The molecular formula is C112H140O26. The number of carbonyl (C=O) groups excluding carboxylic acids is 13. The lowest BCUT2D eigenvalue weighted by molar-refractivity contribution is -0.163. The zero-order valence-corrected chi connectivity index (χ0v) is 80.6. The van der Waals surface area contributed by atoms with Crippen molar-refractivity contribution in [2.75, 3.05) is 72.7 Å². The zero-order chi connectivity index (χ0) is 98.2. The average Bonchev–Trinajstić information content (AvgIpc) is 0.842. The summed E-state index contributed by atoms with van der Waals surface area (Å²) in [6, 6.07) is 60.9. The Labute approximate surface area is 812 Å². The Balaban J connectivity index is 0.000000195. The molecule has 0 spiro atoms. The molecule has 0 aliphatic heterocycles. The molecule has 1 atom stereocenters. The van der Waals surface area contributed by atoms with Crippen molar-refractivity contribution in [3.63, 3.8) is 0 Å². The SMILES string of the molecule is CC(COC(=O)c1ccccc1)OC(=O)C1CCCCC1.CCC(COC(=O)c1ccccc1)(COC(=O)C1CCCCC1)COC(=O)C1CCCCC1.CCC(COC(=O)c1ccccc1)(COC(=O)c1ccccc1)COC(=O)C1CCCCC1.O=C(OCC(COC(=O)c1ccccc1)OC(=O)C1CCCCC1)c1ccccc1.O=C(OCCCOC(=O)C1CCCCC1)c1ccccc1.